The highest BCUT2D eigenvalue weighted by Crippen LogP contribution is 2.54. The molecule has 0 radical (unpaired) electrons. The Kier molecular flexibility index (Phi) is 10.2. The summed E-state index contributed by atoms with van der Waals surface area (Å²) in [6.07, 6.45) is 0. The molecule has 58 heavy (non-hydrogen) atoms. The van der Waals surface area contributed by atoms with Gasteiger partial charge in [-0.15, -0.1) is 15.3 Å². The molecule has 0 bridgehead atoms. The molecule has 12 heteroatoms. The predicted molar refractivity (Wildman–Crippen MR) is 216 cm³/mol. The number of nitrogens with zero attached hydrogens (tertiary/aromatic N) is 3. The molecule has 0 fully saturated rings. The van der Waals surface area contributed by atoms with Gasteiger partial charge in [0.2, 0.25) is 35.3 Å². The summed E-state index contributed by atoms with van der Waals surface area (Å²) < 4.78 is 39.6. The lowest BCUT2D eigenvalue weighted by molar-refractivity contribution is 0.424. The fourth-order valence-corrected chi connectivity index (χ4v) is 6.24. The number of ether oxygens (including phenoxy) is 6. The number of H-pyrrole nitrogens is 3. The van der Waals surface area contributed by atoms with Crippen LogP contribution >= 0.6 is 0 Å². The van der Waals surface area contributed by atoms with Crippen molar-refractivity contribution < 1.29 is 28.4 Å². The Morgan fingerprint density at radius 1 is 0.276 bits per heavy atom. The zero-order chi connectivity index (χ0) is 38.9. The summed E-state index contributed by atoms with van der Waals surface area (Å²) in [7, 11) is 0. The van der Waals surface area contributed by atoms with Crippen LogP contribution in [0, 0.1) is 0 Å². The third kappa shape index (κ3) is 7.93. The van der Waals surface area contributed by atoms with Crippen molar-refractivity contribution in [3.8, 4) is 69.8 Å². The summed E-state index contributed by atoms with van der Waals surface area (Å²) in [5.74, 6) is 3.48. The normalized spacial score (nSPS) is 10.9. The highest BCUT2D eigenvalue weighted by atomic mass is 16.5. The topological polar surface area (TPSA) is 141 Å². The first kappa shape index (κ1) is 35.5. The highest BCUT2D eigenvalue weighted by Gasteiger charge is 2.41. The zero-order valence-corrected chi connectivity index (χ0v) is 30.7. The van der Waals surface area contributed by atoms with E-state index < -0.39 is 5.92 Å². The van der Waals surface area contributed by atoms with Gasteiger partial charge in [0.05, 0.1) is 22.6 Å². The molecule has 12 nitrogen and oxygen atoms in total. The van der Waals surface area contributed by atoms with E-state index >= 15 is 0 Å². The molecule has 0 aliphatic heterocycles. The summed E-state index contributed by atoms with van der Waals surface area (Å²) in [6.45, 7) is 0. The van der Waals surface area contributed by atoms with Crippen molar-refractivity contribution in [3.63, 3.8) is 0 Å². The summed E-state index contributed by atoms with van der Waals surface area (Å²) >= 11 is 0. The molecule has 0 saturated carbocycles. The molecular formula is C46H34N6O6. The third-order valence-electron chi connectivity index (χ3n) is 8.83. The first-order chi connectivity index (χ1) is 28.7. The average molecular weight is 767 g/mol. The van der Waals surface area contributed by atoms with Crippen molar-refractivity contribution >= 4 is 0 Å². The van der Waals surface area contributed by atoms with Crippen LogP contribution in [0.1, 0.15) is 22.6 Å². The molecule has 6 aromatic carbocycles. The number of aromatic nitrogens is 6. The Balaban J connectivity index is 1.33. The number of hydrogen-bond acceptors (Lipinski definition) is 9. The van der Waals surface area contributed by atoms with E-state index in [0.717, 1.165) is 0 Å². The maximum atomic E-state index is 6.62. The fourth-order valence-electron chi connectivity index (χ4n) is 6.24. The molecule has 0 atom stereocenters. The molecule has 3 aromatic heterocycles. The second-order valence-corrected chi connectivity index (χ2v) is 12.7. The number of rotatable bonds is 15. The number of hydrogen-bond donors (Lipinski definition) is 3. The zero-order valence-electron chi connectivity index (χ0n) is 30.7. The molecule has 9 aromatic rings. The van der Waals surface area contributed by atoms with Crippen LogP contribution in [0.4, 0.5) is 0 Å². The molecule has 0 amide bonds. The van der Waals surface area contributed by atoms with Gasteiger partial charge < -0.3 is 28.4 Å². The van der Waals surface area contributed by atoms with Crippen LogP contribution in [-0.2, 0) is 0 Å². The van der Waals surface area contributed by atoms with Crippen LogP contribution in [0.5, 0.6) is 69.8 Å². The Labute approximate surface area is 332 Å². The van der Waals surface area contributed by atoms with Crippen molar-refractivity contribution in [2.75, 3.05) is 0 Å². The highest BCUT2D eigenvalue weighted by molar-refractivity contribution is 5.63. The van der Waals surface area contributed by atoms with Crippen molar-refractivity contribution in [2.24, 2.45) is 0 Å². The first-order valence-electron chi connectivity index (χ1n) is 18.4. The lowest BCUT2D eigenvalue weighted by Gasteiger charge is -2.21. The van der Waals surface area contributed by atoms with Gasteiger partial charge in [0.15, 0.2) is 0 Å². The van der Waals surface area contributed by atoms with Gasteiger partial charge in [-0.2, -0.15) is 0 Å². The van der Waals surface area contributed by atoms with E-state index in [0.29, 0.717) is 51.2 Å². The van der Waals surface area contributed by atoms with Crippen molar-refractivity contribution in [1.82, 2.24) is 30.6 Å². The SMILES string of the molecule is c1ccc(Oc2n[nH]c(Oc3ccccc3)c2C(c2c(Oc3ccccc3)n[nH]c2Oc2ccccc2)c2c(Oc3ccccc3)n[nH]c2Oc2ccccc2)cc1. The maximum absolute atomic E-state index is 6.62. The third-order valence-corrected chi connectivity index (χ3v) is 8.83. The Morgan fingerprint density at radius 3 is 0.707 bits per heavy atom. The second-order valence-electron chi connectivity index (χ2n) is 12.7. The summed E-state index contributed by atoms with van der Waals surface area (Å²) in [6, 6.07) is 56.1. The lowest BCUT2D eigenvalue weighted by atomic mass is 9.87. The predicted octanol–water partition coefficient (Wildman–Crippen LogP) is 11.8. The van der Waals surface area contributed by atoms with E-state index in [-0.39, 0.29) is 35.3 Å². The Bertz CT molecular complexity index is 2200. The number of aromatic amines is 3. The Hall–Kier alpha value is -8.25. The van der Waals surface area contributed by atoms with Crippen LogP contribution in [0.15, 0.2) is 182 Å². The van der Waals surface area contributed by atoms with Gasteiger partial charge in [-0.1, -0.05) is 109 Å². The van der Waals surface area contributed by atoms with Gasteiger partial charge in [-0.05, 0) is 72.8 Å². The van der Waals surface area contributed by atoms with Crippen LogP contribution in [0.3, 0.4) is 0 Å². The van der Waals surface area contributed by atoms with E-state index in [2.05, 4.69) is 15.3 Å². The molecule has 0 aliphatic rings. The maximum Gasteiger partial charge on any atom is 0.246 e. The summed E-state index contributed by atoms with van der Waals surface area (Å²) in [4.78, 5) is 0. The van der Waals surface area contributed by atoms with E-state index in [9.17, 15) is 0 Å². The van der Waals surface area contributed by atoms with Gasteiger partial charge in [0, 0.05) is 0 Å². The van der Waals surface area contributed by atoms with Crippen LogP contribution in [0.25, 0.3) is 0 Å². The monoisotopic (exact) mass is 766 g/mol. The second kappa shape index (κ2) is 16.6. The molecule has 284 valence electrons. The minimum Gasteiger partial charge on any atom is -0.439 e. The minimum atomic E-state index is -1.01. The van der Waals surface area contributed by atoms with Gasteiger partial charge in [0.25, 0.3) is 0 Å². The number of para-hydroxylation sites is 6. The van der Waals surface area contributed by atoms with Crippen molar-refractivity contribution in [2.45, 2.75) is 5.92 Å². The van der Waals surface area contributed by atoms with Gasteiger partial charge in [0.1, 0.15) is 34.5 Å². The average Bonchev–Trinajstić information content (AvgIpc) is 3.97. The van der Waals surface area contributed by atoms with E-state index in [1.165, 1.54) is 0 Å². The minimum absolute atomic E-state index is 0.178. The van der Waals surface area contributed by atoms with Crippen molar-refractivity contribution in [3.05, 3.63) is 199 Å². The first-order valence-corrected chi connectivity index (χ1v) is 18.4. The Morgan fingerprint density at radius 2 is 0.483 bits per heavy atom. The smallest absolute Gasteiger partial charge is 0.246 e. The molecule has 9 rings (SSSR count). The van der Waals surface area contributed by atoms with Gasteiger partial charge in [-0.3, -0.25) is 0 Å². The van der Waals surface area contributed by atoms with E-state index in [1.807, 2.05) is 182 Å². The van der Waals surface area contributed by atoms with E-state index in [4.69, 9.17) is 43.7 Å². The number of benzene rings is 6. The van der Waals surface area contributed by atoms with E-state index in [1.54, 1.807) is 0 Å². The van der Waals surface area contributed by atoms with Crippen LogP contribution < -0.4 is 28.4 Å². The molecule has 3 heterocycles. The largest absolute Gasteiger partial charge is 0.439 e. The quantitative estimate of drug-likeness (QED) is 0.0929. The molecule has 0 saturated heterocycles. The fraction of sp³-hybridized carbons (Fsp3) is 0.0217. The lowest BCUT2D eigenvalue weighted by Crippen LogP contribution is -2.09. The molecule has 0 spiro atoms. The van der Waals surface area contributed by atoms with Gasteiger partial charge >= 0.3 is 0 Å². The molecule has 0 aliphatic carbocycles. The summed E-state index contributed by atoms with van der Waals surface area (Å²) in [5, 5.41) is 23.4. The number of nitrogens with one attached hydrogen (secondary N) is 3. The molecule has 0 unspecified atom stereocenters. The molecular weight excluding hydrogens is 733 g/mol. The van der Waals surface area contributed by atoms with Crippen molar-refractivity contribution in [1.29, 1.82) is 0 Å². The van der Waals surface area contributed by atoms with Crippen LogP contribution in [-0.4, -0.2) is 30.6 Å². The summed E-state index contributed by atoms with van der Waals surface area (Å²) in [5.41, 5.74) is 1.26. The molecule has 3 N–H and O–H groups in total. The standard InChI is InChI=1S/C46H34N6O6/c1-7-19-31(20-8-1)53-41-38(42(48-47-41)54-32-21-9-2-10-22-32)37(39-43(55-33-23-11-3-12-24-33)49-50-44(39)56-34-25-13-4-14-26-34)40-45(57-35-27-15-5-16-28-35)51-52-46(40)58-36-29-17-6-18-30-36/h1-30,37H,(H,47,48)(H,49,50)(H,51,52). The van der Waals surface area contributed by atoms with Gasteiger partial charge in [-0.25, -0.2) is 15.3 Å². The van der Waals surface area contributed by atoms with Crippen LogP contribution in [0.2, 0.25) is 0 Å².